The summed E-state index contributed by atoms with van der Waals surface area (Å²) in [6.07, 6.45) is 1.59. The summed E-state index contributed by atoms with van der Waals surface area (Å²) in [6.45, 7) is 0. The standard InChI is InChI=1S/C11H8N2O2S/c1-13-11(15)8-4-6-2-3-12-10(14)7(6)5-9(8)16-13/h2-5H,1H3,(H,12,14). The number of hydrogen-bond acceptors (Lipinski definition) is 3. The van der Waals surface area contributed by atoms with Gasteiger partial charge < -0.3 is 4.98 Å². The quantitative estimate of drug-likeness (QED) is 0.637. The number of fused-ring (bicyclic) bond motifs is 2. The lowest BCUT2D eigenvalue weighted by molar-refractivity contribution is 0.989. The Hall–Kier alpha value is -1.88. The number of hydrogen-bond donors (Lipinski definition) is 1. The number of aryl methyl sites for hydroxylation is 1. The minimum absolute atomic E-state index is 0.0119. The van der Waals surface area contributed by atoms with Crippen molar-refractivity contribution < 1.29 is 0 Å². The fraction of sp³-hybridized carbons (Fsp3) is 0.0909. The van der Waals surface area contributed by atoms with Crippen LogP contribution in [-0.2, 0) is 7.05 Å². The Balaban J connectivity index is 2.64. The summed E-state index contributed by atoms with van der Waals surface area (Å²) in [4.78, 5) is 25.9. The highest BCUT2D eigenvalue weighted by Crippen LogP contribution is 2.21. The van der Waals surface area contributed by atoms with E-state index >= 15 is 0 Å². The van der Waals surface area contributed by atoms with Crippen molar-refractivity contribution in [3.63, 3.8) is 0 Å². The van der Waals surface area contributed by atoms with Crippen LogP contribution in [0.4, 0.5) is 0 Å². The van der Waals surface area contributed by atoms with Crippen molar-refractivity contribution in [1.29, 1.82) is 0 Å². The minimum atomic E-state index is -0.122. The van der Waals surface area contributed by atoms with Gasteiger partial charge in [0.05, 0.1) is 10.1 Å². The molecular formula is C11H8N2O2S. The molecule has 0 spiro atoms. The van der Waals surface area contributed by atoms with Gasteiger partial charge in [0.1, 0.15) is 0 Å². The lowest BCUT2D eigenvalue weighted by atomic mass is 10.1. The number of aromatic nitrogens is 2. The molecule has 3 aromatic rings. The molecule has 5 heteroatoms. The lowest BCUT2D eigenvalue weighted by Crippen LogP contribution is -2.08. The second-order valence-electron chi connectivity index (χ2n) is 3.64. The van der Waals surface area contributed by atoms with E-state index in [9.17, 15) is 9.59 Å². The largest absolute Gasteiger partial charge is 0.329 e. The van der Waals surface area contributed by atoms with E-state index in [2.05, 4.69) is 4.98 Å². The van der Waals surface area contributed by atoms with Crippen LogP contribution in [-0.4, -0.2) is 8.94 Å². The molecule has 3 rings (SSSR count). The highest BCUT2D eigenvalue weighted by molar-refractivity contribution is 7.13. The van der Waals surface area contributed by atoms with Crippen molar-refractivity contribution in [1.82, 2.24) is 8.94 Å². The Morgan fingerprint density at radius 1 is 1.25 bits per heavy atom. The Kier molecular flexibility index (Phi) is 1.79. The van der Waals surface area contributed by atoms with E-state index in [-0.39, 0.29) is 11.1 Å². The van der Waals surface area contributed by atoms with Crippen LogP contribution >= 0.6 is 11.5 Å². The van der Waals surface area contributed by atoms with Crippen LogP contribution in [0.25, 0.3) is 20.9 Å². The second-order valence-corrected chi connectivity index (χ2v) is 4.81. The number of rotatable bonds is 0. The maximum atomic E-state index is 11.7. The van der Waals surface area contributed by atoms with Crippen LogP contribution in [0, 0.1) is 0 Å². The van der Waals surface area contributed by atoms with Gasteiger partial charge in [-0.15, -0.1) is 0 Å². The van der Waals surface area contributed by atoms with Gasteiger partial charge in [-0.2, -0.15) is 0 Å². The second kappa shape index (κ2) is 3.05. The first-order chi connectivity index (χ1) is 7.66. The Labute approximate surface area is 93.9 Å². The van der Waals surface area contributed by atoms with E-state index in [4.69, 9.17) is 0 Å². The maximum Gasteiger partial charge on any atom is 0.268 e. The van der Waals surface area contributed by atoms with Gasteiger partial charge in [0, 0.05) is 18.6 Å². The normalized spacial score (nSPS) is 11.3. The van der Waals surface area contributed by atoms with E-state index in [1.54, 1.807) is 35.4 Å². The molecular weight excluding hydrogens is 224 g/mol. The third kappa shape index (κ3) is 1.15. The van der Waals surface area contributed by atoms with Crippen molar-refractivity contribution in [2.75, 3.05) is 0 Å². The molecule has 0 aliphatic heterocycles. The summed E-state index contributed by atoms with van der Waals surface area (Å²) in [7, 11) is 1.72. The van der Waals surface area contributed by atoms with Crippen LogP contribution in [0.5, 0.6) is 0 Å². The number of nitrogens with one attached hydrogen (secondary N) is 1. The molecule has 0 bridgehead atoms. The molecule has 0 saturated carbocycles. The van der Waals surface area contributed by atoms with E-state index in [1.807, 2.05) is 0 Å². The van der Waals surface area contributed by atoms with Gasteiger partial charge in [-0.1, -0.05) is 11.5 Å². The zero-order valence-electron chi connectivity index (χ0n) is 8.48. The van der Waals surface area contributed by atoms with Crippen LogP contribution in [0.2, 0.25) is 0 Å². The van der Waals surface area contributed by atoms with Crippen molar-refractivity contribution in [3.8, 4) is 0 Å². The molecule has 16 heavy (non-hydrogen) atoms. The molecule has 1 aromatic carbocycles. The van der Waals surface area contributed by atoms with E-state index < -0.39 is 0 Å². The summed E-state index contributed by atoms with van der Waals surface area (Å²) >= 11 is 1.35. The monoisotopic (exact) mass is 232 g/mol. The third-order valence-electron chi connectivity index (χ3n) is 2.63. The fourth-order valence-corrected chi connectivity index (χ4v) is 2.71. The van der Waals surface area contributed by atoms with Crippen molar-refractivity contribution in [2.24, 2.45) is 7.05 Å². The molecule has 0 amide bonds. The Bertz CT molecular complexity index is 810. The number of benzene rings is 1. The topological polar surface area (TPSA) is 54.9 Å². The summed E-state index contributed by atoms with van der Waals surface area (Å²) in [5, 5.41) is 2.09. The highest BCUT2D eigenvalue weighted by Gasteiger charge is 2.07. The van der Waals surface area contributed by atoms with Gasteiger partial charge in [-0.05, 0) is 23.6 Å². The zero-order valence-corrected chi connectivity index (χ0v) is 9.30. The van der Waals surface area contributed by atoms with Gasteiger partial charge in [0.15, 0.2) is 0 Å². The van der Waals surface area contributed by atoms with Crippen LogP contribution < -0.4 is 11.1 Å². The molecule has 1 N–H and O–H groups in total. The average Bonchev–Trinajstić information content (AvgIpc) is 2.54. The van der Waals surface area contributed by atoms with Gasteiger partial charge in [-0.25, -0.2) is 0 Å². The molecule has 0 radical (unpaired) electrons. The zero-order chi connectivity index (χ0) is 11.3. The highest BCUT2D eigenvalue weighted by atomic mass is 32.1. The van der Waals surface area contributed by atoms with E-state index in [0.717, 1.165) is 10.1 Å². The Morgan fingerprint density at radius 3 is 2.88 bits per heavy atom. The molecule has 0 fully saturated rings. The Morgan fingerprint density at radius 2 is 2.06 bits per heavy atom. The van der Waals surface area contributed by atoms with E-state index in [0.29, 0.717) is 10.8 Å². The smallest absolute Gasteiger partial charge is 0.268 e. The van der Waals surface area contributed by atoms with Crippen LogP contribution in [0.15, 0.2) is 34.0 Å². The summed E-state index contributed by atoms with van der Waals surface area (Å²) in [5.41, 5.74) is -0.134. The number of aromatic amines is 1. The molecule has 0 aliphatic rings. The molecule has 2 heterocycles. The molecule has 0 atom stereocenters. The summed E-state index contributed by atoms with van der Waals surface area (Å²) in [6, 6.07) is 5.35. The third-order valence-corrected chi connectivity index (χ3v) is 3.60. The van der Waals surface area contributed by atoms with E-state index in [1.165, 1.54) is 11.5 Å². The van der Waals surface area contributed by atoms with Crippen molar-refractivity contribution >= 4 is 32.4 Å². The van der Waals surface area contributed by atoms with Gasteiger partial charge in [0.2, 0.25) is 0 Å². The predicted octanol–water partition coefficient (Wildman–Crippen LogP) is 1.44. The molecule has 0 aliphatic carbocycles. The summed E-state index contributed by atoms with van der Waals surface area (Å²) in [5.74, 6) is 0. The van der Waals surface area contributed by atoms with Crippen LogP contribution in [0.1, 0.15) is 0 Å². The molecule has 0 unspecified atom stereocenters. The van der Waals surface area contributed by atoms with Gasteiger partial charge in [0.25, 0.3) is 11.1 Å². The van der Waals surface area contributed by atoms with Crippen molar-refractivity contribution in [2.45, 2.75) is 0 Å². The number of nitrogens with zero attached hydrogens (tertiary/aromatic N) is 1. The van der Waals surface area contributed by atoms with Gasteiger partial charge in [-0.3, -0.25) is 13.5 Å². The molecule has 0 saturated heterocycles. The SMILES string of the molecule is Cn1sc2cc3c(=O)[nH]ccc3cc2c1=O. The number of pyridine rings is 1. The molecule has 4 nitrogen and oxygen atoms in total. The number of H-pyrrole nitrogens is 1. The minimum Gasteiger partial charge on any atom is -0.329 e. The first-order valence-electron chi connectivity index (χ1n) is 4.78. The fourth-order valence-electron chi connectivity index (χ4n) is 1.82. The molecule has 2 aromatic heterocycles. The predicted molar refractivity (Wildman–Crippen MR) is 65.2 cm³/mol. The van der Waals surface area contributed by atoms with Crippen LogP contribution in [0.3, 0.4) is 0 Å². The van der Waals surface area contributed by atoms with Crippen molar-refractivity contribution in [3.05, 3.63) is 45.1 Å². The average molecular weight is 232 g/mol. The maximum absolute atomic E-state index is 11.7. The lowest BCUT2D eigenvalue weighted by Gasteiger charge is -1.94. The molecule has 80 valence electrons. The summed E-state index contributed by atoms with van der Waals surface area (Å²) < 4.78 is 2.41. The first kappa shape index (κ1) is 9.35. The van der Waals surface area contributed by atoms with Gasteiger partial charge >= 0.3 is 0 Å². The first-order valence-corrected chi connectivity index (χ1v) is 5.55.